The minimum absolute atomic E-state index is 0.00192. The zero-order valence-electron chi connectivity index (χ0n) is 20.1. The van der Waals surface area contributed by atoms with Crippen LogP contribution in [-0.4, -0.2) is 42.2 Å². The number of para-hydroxylation sites is 1. The molecule has 182 valence electrons. The van der Waals surface area contributed by atoms with Crippen molar-refractivity contribution in [3.63, 3.8) is 0 Å². The molecule has 0 spiro atoms. The van der Waals surface area contributed by atoms with Crippen molar-refractivity contribution in [3.8, 4) is 5.75 Å². The van der Waals surface area contributed by atoms with Crippen molar-refractivity contribution in [2.24, 2.45) is 19.2 Å². The lowest BCUT2D eigenvalue weighted by molar-refractivity contribution is 0.0935. The Morgan fingerprint density at radius 3 is 2.49 bits per heavy atom. The number of hydrogen-bond acceptors (Lipinski definition) is 7. The fourth-order valence-electron chi connectivity index (χ4n) is 3.76. The third kappa shape index (κ3) is 4.87. The molecular formula is C25H28N6O4. The summed E-state index contributed by atoms with van der Waals surface area (Å²) in [5, 5.41) is 15.2. The number of aromatic nitrogens is 4. The van der Waals surface area contributed by atoms with E-state index in [9.17, 15) is 14.7 Å². The smallest absolute Gasteiger partial charge is 0.332 e. The molecule has 0 radical (unpaired) electrons. The topological polar surface area (TPSA) is 116 Å². The highest BCUT2D eigenvalue weighted by Crippen LogP contribution is 2.19. The van der Waals surface area contributed by atoms with Gasteiger partial charge < -0.3 is 14.4 Å². The number of ether oxygens (including phenoxy) is 1. The standard InChI is InChI=1S/C25H28N6O4/c1-16-10-8-9-13-20(16)35-15-19(32)14-31-21-22(29(3)25(34)30(4)23(21)33)26-24(31)28-27-17(2)18-11-6-5-7-12-18/h5-13,19,32H,14-15H2,1-4H3,(H,26,28)/b27-17-/t19-/m0/s1. The van der Waals surface area contributed by atoms with E-state index in [0.717, 1.165) is 15.7 Å². The number of hydrazone groups is 1. The summed E-state index contributed by atoms with van der Waals surface area (Å²) in [5.74, 6) is 0.894. The van der Waals surface area contributed by atoms with Crippen LogP contribution in [0.4, 0.5) is 5.95 Å². The highest BCUT2D eigenvalue weighted by Gasteiger charge is 2.21. The molecule has 2 heterocycles. The maximum absolute atomic E-state index is 13.0. The number of nitrogens with zero attached hydrogens (tertiary/aromatic N) is 5. The van der Waals surface area contributed by atoms with E-state index in [0.29, 0.717) is 11.5 Å². The van der Waals surface area contributed by atoms with Crippen molar-refractivity contribution in [1.29, 1.82) is 0 Å². The van der Waals surface area contributed by atoms with Crippen LogP contribution in [-0.2, 0) is 20.6 Å². The van der Waals surface area contributed by atoms with E-state index < -0.39 is 17.4 Å². The fraction of sp³-hybridized carbons (Fsp3) is 0.280. The monoisotopic (exact) mass is 476 g/mol. The zero-order chi connectivity index (χ0) is 25.1. The van der Waals surface area contributed by atoms with Gasteiger partial charge >= 0.3 is 5.69 Å². The molecule has 0 aliphatic rings. The largest absolute Gasteiger partial charge is 0.491 e. The molecule has 2 aromatic carbocycles. The van der Waals surface area contributed by atoms with Crippen LogP contribution >= 0.6 is 0 Å². The molecule has 10 nitrogen and oxygen atoms in total. The lowest BCUT2D eigenvalue weighted by Crippen LogP contribution is -2.38. The summed E-state index contributed by atoms with van der Waals surface area (Å²) >= 11 is 0. The molecule has 0 fully saturated rings. The van der Waals surface area contributed by atoms with Crippen LogP contribution in [0.3, 0.4) is 0 Å². The predicted octanol–water partition coefficient (Wildman–Crippen LogP) is 2.02. The molecule has 4 aromatic rings. The van der Waals surface area contributed by atoms with E-state index in [2.05, 4.69) is 15.5 Å². The van der Waals surface area contributed by atoms with Crippen molar-refractivity contribution < 1.29 is 9.84 Å². The van der Waals surface area contributed by atoms with Gasteiger partial charge in [-0.25, -0.2) is 10.2 Å². The lowest BCUT2D eigenvalue weighted by atomic mass is 10.1. The Labute approximate surface area is 201 Å². The third-order valence-electron chi connectivity index (χ3n) is 5.78. The molecule has 4 rings (SSSR count). The van der Waals surface area contributed by atoms with E-state index in [1.807, 2.05) is 68.4 Å². The number of aliphatic hydroxyl groups excluding tert-OH is 1. The Morgan fingerprint density at radius 1 is 1.09 bits per heavy atom. The molecule has 2 N–H and O–H groups in total. The normalized spacial score (nSPS) is 12.7. The zero-order valence-corrected chi connectivity index (χ0v) is 20.1. The fourth-order valence-corrected chi connectivity index (χ4v) is 3.76. The summed E-state index contributed by atoms with van der Waals surface area (Å²) in [4.78, 5) is 29.9. The van der Waals surface area contributed by atoms with Crippen molar-refractivity contribution >= 4 is 22.8 Å². The van der Waals surface area contributed by atoms with Crippen molar-refractivity contribution in [1.82, 2.24) is 18.7 Å². The minimum atomic E-state index is -0.964. The first-order chi connectivity index (χ1) is 16.8. The molecule has 0 unspecified atom stereocenters. The van der Waals surface area contributed by atoms with Gasteiger partial charge in [0.25, 0.3) is 5.56 Å². The summed E-state index contributed by atoms with van der Waals surface area (Å²) in [7, 11) is 2.95. The molecule has 10 heteroatoms. The van der Waals surface area contributed by atoms with Crippen LogP contribution in [0.15, 0.2) is 69.3 Å². The third-order valence-corrected chi connectivity index (χ3v) is 5.78. The Kier molecular flexibility index (Phi) is 6.83. The van der Waals surface area contributed by atoms with Gasteiger partial charge in [-0.3, -0.25) is 13.9 Å². The van der Waals surface area contributed by atoms with Gasteiger partial charge in [0.1, 0.15) is 18.5 Å². The average Bonchev–Trinajstić information content (AvgIpc) is 3.22. The van der Waals surface area contributed by atoms with Crippen LogP contribution in [0, 0.1) is 6.92 Å². The number of nitrogens with one attached hydrogen (secondary N) is 1. The van der Waals surface area contributed by atoms with Gasteiger partial charge in [-0.15, -0.1) is 0 Å². The SMILES string of the molecule is C/C(=N/Nc1nc2c(c(=O)n(C)c(=O)n2C)n1C[C@H](O)COc1ccccc1C)c1ccccc1. The van der Waals surface area contributed by atoms with Crippen LogP contribution < -0.4 is 21.4 Å². The van der Waals surface area contributed by atoms with Crippen molar-refractivity contribution in [3.05, 3.63) is 86.6 Å². The van der Waals surface area contributed by atoms with E-state index in [1.54, 1.807) is 7.05 Å². The lowest BCUT2D eigenvalue weighted by Gasteiger charge is -2.16. The Balaban J connectivity index is 1.70. The molecule has 0 amide bonds. The van der Waals surface area contributed by atoms with E-state index in [4.69, 9.17) is 4.74 Å². The second-order valence-electron chi connectivity index (χ2n) is 8.33. The Morgan fingerprint density at radius 2 is 1.77 bits per heavy atom. The van der Waals surface area contributed by atoms with Crippen LogP contribution in [0.5, 0.6) is 5.75 Å². The van der Waals surface area contributed by atoms with Crippen molar-refractivity contribution in [2.75, 3.05) is 12.0 Å². The van der Waals surface area contributed by atoms with Gasteiger partial charge in [-0.05, 0) is 31.0 Å². The van der Waals surface area contributed by atoms with Gasteiger partial charge in [0.05, 0.1) is 12.3 Å². The van der Waals surface area contributed by atoms with Gasteiger partial charge in [0.2, 0.25) is 5.95 Å². The Bertz CT molecular complexity index is 1500. The maximum Gasteiger partial charge on any atom is 0.332 e. The first-order valence-electron chi connectivity index (χ1n) is 11.2. The predicted molar refractivity (Wildman–Crippen MR) is 135 cm³/mol. The number of aliphatic hydroxyl groups is 1. The molecule has 0 saturated carbocycles. The first kappa shape index (κ1) is 24.0. The molecule has 0 bridgehead atoms. The summed E-state index contributed by atoms with van der Waals surface area (Å²) in [5.41, 5.74) is 4.84. The van der Waals surface area contributed by atoms with E-state index >= 15 is 0 Å². The number of benzene rings is 2. The van der Waals surface area contributed by atoms with Gasteiger partial charge in [-0.2, -0.15) is 10.1 Å². The number of aryl methyl sites for hydroxylation is 2. The summed E-state index contributed by atoms with van der Waals surface area (Å²) in [6.45, 7) is 3.76. The number of hydrogen-bond donors (Lipinski definition) is 2. The molecule has 1 atom stereocenters. The second-order valence-corrected chi connectivity index (χ2v) is 8.33. The number of anilines is 1. The highest BCUT2D eigenvalue weighted by atomic mass is 16.5. The van der Waals surface area contributed by atoms with E-state index in [1.165, 1.54) is 16.2 Å². The van der Waals surface area contributed by atoms with Crippen LogP contribution in [0.1, 0.15) is 18.1 Å². The number of fused-ring (bicyclic) bond motifs is 1. The van der Waals surface area contributed by atoms with Gasteiger partial charge in [0, 0.05) is 14.1 Å². The van der Waals surface area contributed by atoms with Gasteiger partial charge in [0.15, 0.2) is 11.2 Å². The van der Waals surface area contributed by atoms with Gasteiger partial charge in [-0.1, -0.05) is 48.5 Å². The quantitative estimate of drug-likeness (QED) is 0.297. The second kappa shape index (κ2) is 9.98. The Hall–Kier alpha value is -4.18. The first-order valence-corrected chi connectivity index (χ1v) is 11.2. The average molecular weight is 477 g/mol. The van der Waals surface area contributed by atoms with Crippen LogP contribution in [0.25, 0.3) is 11.2 Å². The molecule has 0 aliphatic heterocycles. The summed E-state index contributed by atoms with van der Waals surface area (Å²) < 4.78 is 9.62. The number of imidazole rings is 1. The summed E-state index contributed by atoms with van der Waals surface area (Å²) in [6.07, 6.45) is -0.964. The molecule has 35 heavy (non-hydrogen) atoms. The minimum Gasteiger partial charge on any atom is -0.491 e. The summed E-state index contributed by atoms with van der Waals surface area (Å²) in [6, 6.07) is 17.1. The van der Waals surface area contributed by atoms with Crippen molar-refractivity contribution in [2.45, 2.75) is 26.5 Å². The maximum atomic E-state index is 13.0. The molecular weight excluding hydrogens is 448 g/mol. The highest BCUT2D eigenvalue weighted by molar-refractivity contribution is 5.99. The number of rotatable bonds is 8. The molecule has 2 aromatic heterocycles. The molecule has 0 saturated heterocycles. The van der Waals surface area contributed by atoms with Crippen LogP contribution in [0.2, 0.25) is 0 Å². The molecule has 0 aliphatic carbocycles. The van der Waals surface area contributed by atoms with E-state index in [-0.39, 0.29) is 30.3 Å².